The van der Waals surface area contributed by atoms with E-state index >= 15 is 0 Å². The lowest BCUT2D eigenvalue weighted by molar-refractivity contribution is 0.889. The minimum absolute atomic E-state index is 0.137. The zero-order valence-corrected chi connectivity index (χ0v) is 13.6. The Morgan fingerprint density at radius 3 is 2.46 bits per heavy atom. The highest BCUT2D eigenvalue weighted by atomic mass is 16.1. The SMILES string of the molecule is Cc1cc(=O)n2[nH]c(Nc3c4c(cc5c3CCC5)CCC4)nc2n1. The molecule has 2 aliphatic rings. The van der Waals surface area contributed by atoms with E-state index in [4.69, 9.17) is 0 Å². The molecule has 2 aromatic heterocycles. The highest BCUT2D eigenvalue weighted by molar-refractivity contribution is 5.70. The summed E-state index contributed by atoms with van der Waals surface area (Å²) in [7, 11) is 0. The first-order chi connectivity index (χ1) is 11.7. The molecule has 0 radical (unpaired) electrons. The minimum Gasteiger partial charge on any atom is -0.324 e. The van der Waals surface area contributed by atoms with Crippen molar-refractivity contribution in [3.05, 3.63) is 50.4 Å². The van der Waals surface area contributed by atoms with Crippen LogP contribution in [0, 0.1) is 6.92 Å². The largest absolute Gasteiger partial charge is 0.324 e. The summed E-state index contributed by atoms with van der Waals surface area (Å²) in [6.07, 6.45) is 6.99. The summed E-state index contributed by atoms with van der Waals surface area (Å²) >= 11 is 0. The monoisotopic (exact) mass is 321 g/mol. The van der Waals surface area contributed by atoms with Gasteiger partial charge in [0.1, 0.15) is 0 Å². The second-order valence-corrected chi connectivity index (χ2v) is 6.80. The van der Waals surface area contributed by atoms with Crippen LogP contribution >= 0.6 is 0 Å². The Balaban J connectivity index is 1.64. The molecule has 2 aliphatic carbocycles. The van der Waals surface area contributed by atoms with E-state index in [-0.39, 0.29) is 5.56 Å². The molecule has 122 valence electrons. The topological polar surface area (TPSA) is 75.1 Å². The first kappa shape index (κ1) is 13.8. The van der Waals surface area contributed by atoms with Crippen LogP contribution in [0.3, 0.4) is 0 Å². The molecule has 0 amide bonds. The van der Waals surface area contributed by atoms with Crippen molar-refractivity contribution in [1.82, 2.24) is 19.6 Å². The molecule has 3 aromatic rings. The molecule has 5 rings (SSSR count). The average Bonchev–Trinajstić information content (AvgIpc) is 3.24. The van der Waals surface area contributed by atoms with Crippen LogP contribution in [0.2, 0.25) is 0 Å². The molecule has 0 saturated carbocycles. The lowest BCUT2D eigenvalue weighted by Crippen LogP contribution is -2.14. The molecule has 24 heavy (non-hydrogen) atoms. The fourth-order valence-electron chi connectivity index (χ4n) is 4.13. The molecule has 0 spiro atoms. The van der Waals surface area contributed by atoms with E-state index in [0.29, 0.717) is 17.4 Å². The maximum atomic E-state index is 12.1. The van der Waals surface area contributed by atoms with Gasteiger partial charge in [0.2, 0.25) is 5.95 Å². The Morgan fingerprint density at radius 1 is 1.04 bits per heavy atom. The van der Waals surface area contributed by atoms with Crippen LogP contribution in [0.4, 0.5) is 11.6 Å². The predicted molar refractivity (Wildman–Crippen MR) is 92.1 cm³/mol. The van der Waals surface area contributed by atoms with Crippen LogP contribution in [0.1, 0.15) is 40.8 Å². The van der Waals surface area contributed by atoms with Crippen molar-refractivity contribution >= 4 is 17.4 Å². The van der Waals surface area contributed by atoms with E-state index in [1.165, 1.54) is 51.4 Å². The number of fused-ring (bicyclic) bond motifs is 3. The van der Waals surface area contributed by atoms with Gasteiger partial charge in [-0.15, -0.1) is 0 Å². The highest BCUT2D eigenvalue weighted by Gasteiger charge is 2.24. The van der Waals surface area contributed by atoms with Crippen molar-refractivity contribution in [2.45, 2.75) is 45.4 Å². The minimum atomic E-state index is -0.137. The van der Waals surface area contributed by atoms with Gasteiger partial charge in [0, 0.05) is 17.4 Å². The van der Waals surface area contributed by atoms with E-state index < -0.39 is 0 Å². The first-order valence-electron chi connectivity index (χ1n) is 8.59. The molecule has 0 aliphatic heterocycles. The van der Waals surface area contributed by atoms with Gasteiger partial charge in [-0.1, -0.05) is 6.07 Å². The third-order valence-corrected chi connectivity index (χ3v) is 5.18. The van der Waals surface area contributed by atoms with Gasteiger partial charge in [0.15, 0.2) is 0 Å². The fraction of sp³-hybridized carbons (Fsp3) is 0.389. The zero-order chi connectivity index (χ0) is 16.3. The summed E-state index contributed by atoms with van der Waals surface area (Å²) in [5.41, 5.74) is 7.54. The van der Waals surface area contributed by atoms with Crippen LogP contribution in [-0.2, 0) is 25.7 Å². The highest BCUT2D eigenvalue weighted by Crippen LogP contribution is 2.39. The number of aryl methyl sites for hydroxylation is 3. The number of H-pyrrole nitrogens is 1. The van der Waals surface area contributed by atoms with Crippen molar-refractivity contribution in [3.63, 3.8) is 0 Å². The zero-order valence-electron chi connectivity index (χ0n) is 13.6. The number of hydrogen-bond acceptors (Lipinski definition) is 4. The Kier molecular flexibility index (Phi) is 2.83. The third-order valence-electron chi connectivity index (χ3n) is 5.18. The summed E-state index contributed by atoms with van der Waals surface area (Å²) in [6.45, 7) is 1.81. The maximum absolute atomic E-state index is 12.1. The second kappa shape index (κ2) is 4.93. The van der Waals surface area contributed by atoms with Gasteiger partial charge >= 0.3 is 0 Å². The van der Waals surface area contributed by atoms with Crippen LogP contribution < -0.4 is 10.9 Å². The van der Waals surface area contributed by atoms with Gasteiger partial charge in [-0.05, 0) is 67.7 Å². The quantitative estimate of drug-likeness (QED) is 0.760. The van der Waals surface area contributed by atoms with Gasteiger partial charge in [0.25, 0.3) is 11.3 Å². The summed E-state index contributed by atoms with van der Waals surface area (Å²) in [5, 5.41) is 6.52. The van der Waals surface area contributed by atoms with Gasteiger partial charge < -0.3 is 5.32 Å². The van der Waals surface area contributed by atoms with Crippen LogP contribution in [0.15, 0.2) is 16.9 Å². The summed E-state index contributed by atoms with van der Waals surface area (Å²) < 4.78 is 1.39. The van der Waals surface area contributed by atoms with Crippen molar-refractivity contribution in [1.29, 1.82) is 0 Å². The smallest absolute Gasteiger partial charge is 0.274 e. The van der Waals surface area contributed by atoms with Crippen molar-refractivity contribution in [2.75, 3.05) is 5.32 Å². The molecule has 0 atom stereocenters. The van der Waals surface area contributed by atoms with Crippen molar-refractivity contribution in [2.24, 2.45) is 0 Å². The number of benzene rings is 1. The molecule has 2 heterocycles. The Bertz CT molecular complexity index is 998. The van der Waals surface area contributed by atoms with Crippen LogP contribution in [-0.4, -0.2) is 19.6 Å². The fourth-order valence-corrected chi connectivity index (χ4v) is 4.13. The second-order valence-electron chi connectivity index (χ2n) is 6.80. The Morgan fingerprint density at radius 2 is 1.75 bits per heavy atom. The molecule has 1 aromatic carbocycles. The number of nitrogens with zero attached hydrogens (tertiary/aromatic N) is 3. The van der Waals surface area contributed by atoms with E-state index in [1.54, 1.807) is 6.92 Å². The standard InChI is InChI=1S/C18H19N5O/c1-10-8-15(24)23-18(19-10)21-17(22-23)20-16-13-6-2-4-11(13)9-12-5-3-7-14(12)16/h8-9H,2-7H2,1H3,(H2,19,20,21,22). The van der Waals surface area contributed by atoms with E-state index in [2.05, 4.69) is 26.4 Å². The molecule has 6 nitrogen and oxygen atoms in total. The number of aromatic amines is 1. The van der Waals surface area contributed by atoms with Crippen LogP contribution in [0.25, 0.3) is 5.78 Å². The lowest BCUT2D eigenvalue weighted by Gasteiger charge is -2.15. The third kappa shape index (κ3) is 1.99. The van der Waals surface area contributed by atoms with E-state index in [1.807, 2.05) is 0 Å². The van der Waals surface area contributed by atoms with Crippen molar-refractivity contribution in [3.8, 4) is 0 Å². The lowest BCUT2D eigenvalue weighted by atomic mass is 9.99. The Labute approximate surface area is 138 Å². The van der Waals surface area contributed by atoms with E-state index in [9.17, 15) is 4.79 Å². The van der Waals surface area contributed by atoms with Gasteiger partial charge in [-0.25, -0.2) is 4.98 Å². The molecule has 0 saturated heterocycles. The number of rotatable bonds is 2. The number of nitrogens with one attached hydrogen (secondary N) is 2. The molecular formula is C18H19N5O. The molecule has 0 unspecified atom stereocenters. The summed E-state index contributed by atoms with van der Waals surface area (Å²) in [5.74, 6) is 0.992. The van der Waals surface area contributed by atoms with Crippen LogP contribution in [0.5, 0.6) is 0 Å². The molecule has 0 fully saturated rings. The van der Waals surface area contributed by atoms with Gasteiger partial charge in [-0.2, -0.15) is 9.50 Å². The molecular weight excluding hydrogens is 302 g/mol. The van der Waals surface area contributed by atoms with Gasteiger partial charge in [0.05, 0.1) is 0 Å². The normalized spacial score (nSPS) is 15.7. The maximum Gasteiger partial charge on any atom is 0.274 e. The number of aromatic nitrogens is 4. The number of anilines is 2. The summed E-state index contributed by atoms with van der Waals surface area (Å²) in [4.78, 5) is 20.9. The first-order valence-corrected chi connectivity index (χ1v) is 8.59. The molecule has 2 N–H and O–H groups in total. The molecule has 6 heteroatoms. The van der Waals surface area contributed by atoms with E-state index in [0.717, 1.165) is 25.7 Å². The summed E-state index contributed by atoms with van der Waals surface area (Å²) in [6, 6.07) is 3.91. The van der Waals surface area contributed by atoms with Crippen molar-refractivity contribution < 1.29 is 0 Å². The number of hydrogen-bond donors (Lipinski definition) is 2. The molecule has 0 bridgehead atoms. The predicted octanol–water partition coefficient (Wildman–Crippen LogP) is 2.45. The Hall–Kier alpha value is -2.63. The van der Waals surface area contributed by atoms with Gasteiger partial charge in [-0.3, -0.25) is 9.89 Å². The average molecular weight is 321 g/mol.